The van der Waals surface area contributed by atoms with Gasteiger partial charge in [0.05, 0.1) is 0 Å². The molecular weight excluding hydrogens is 246 g/mol. The first-order valence-electron chi connectivity index (χ1n) is 6.53. The first-order chi connectivity index (χ1) is 9.86. The molecule has 20 heavy (non-hydrogen) atoms. The number of aromatic nitrogens is 2. The van der Waals surface area contributed by atoms with Crippen LogP contribution in [0, 0.1) is 0 Å². The molecule has 0 saturated heterocycles. The monoisotopic (exact) mass is 261 g/mol. The summed E-state index contributed by atoms with van der Waals surface area (Å²) < 4.78 is 0. The summed E-state index contributed by atoms with van der Waals surface area (Å²) in [4.78, 5) is 8.75. The highest BCUT2D eigenvalue weighted by Gasteiger charge is 2.03. The lowest BCUT2D eigenvalue weighted by Gasteiger charge is -2.05. The van der Waals surface area contributed by atoms with Crippen molar-refractivity contribution in [1.82, 2.24) is 9.97 Å². The zero-order chi connectivity index (χ0) is 13.8. The molecule has 0 aliphatic carbocycles. The third kappa shape index (κ3) is 2.52. The summed E-state index contributed by atoms with van der Waals surface area (Å²) in [5, 5.41) is 3.02. The van der Waals surface area contributed by atoms with E-state index in [-0.39, 0.29) is 0 Å². The Morgan fingerprint density at radius 2 is 1.40 bits per heavy atom. The molecule has 0 bridgehead atoms. The molecule has 98 valence electrons. The molecule has 0 fully saturated rings. The number of rotatable bonds is 3. The minimum Gasteiger partial charge on any atom is -0.373 e. The second-order valence-electron chi connectivity index (χ2n) is 4.46. The van der Waals surface area contributed by atoms with E-state index < -0.39 is 0 Å². The van der Waals surface area contributed by atoms with Crippen LogP contribution in [0.4, 0.5) is 5.82 Å². The molecule has 1 heterocycles. The number of nitrogens with one attached hydrogen (secondary N) is 1. The van der Waals surface area contributed by atoms with Gasteiger partial charge in [-0.25, -0.2) is 9.97 Å². The number of hydrogen-bond donors (Lipinski definition) is 1. The lowest BCUT2D eigenvalue weighted by molar-refractivity contribution is 1.17. The van der Waals surface area contributed by atoms with E-state index in [9.17, 15) is 0 Å². The predicted molar refractivity (Wildman–Crippen MR) is 82.5 cm³/mol. The van der Waals surface area contributed by atoms with Gasteiger partial charge in [0, 0.05) is 18.8 Å². The first-order valence-corrected chi connectivity index (χ1v) is 6.53. The van der Waals surface area contributed by atoms with Crippen LogP contribution in [0.2, 0.25) is 0 Å². The van der Waals surface area contributed by atoms with E-state index in [1.165, 1.54) is 11.1 Å². The summed E-state index contributed by atoms with van der Waals surface area (Å²) in [6.07, 6.45) is 1.76. The second kappa shape index (κ2) is 5.53. The van der Waals surface area contributed by atoms with E-state index in [1.807, 2.05) is 31.3 Å². The molecule has 1 aromatic heterocycles. The third-order valence-electron chi connectivity index (χ3n) is 3.16. The molecule has 0 radical (unpaired) electrons. The smallest absolute Gasteiger partial charge is 0.161 e. The molecule has 3 heteroatoms. The van der Waals surface area contributed by atoms with Gasteiger partial charge in [0.25, 0.3) is 0 Å². The Kier molecular flexibility index (Phi) is 3.42. The van der Waals surface area contributed by atoms with Crippen LogP contribution in [0.5, 0.6) is 0 Å². The number of nitrogens with zero attached hydrogens (tertiary/aromatic N) is 2. The van der Waals surface area contributed by atoms with E-state index in [0.717, 1.165) is 17.2 Å². The SMILES string of the molecule is CNc1ccnc(-c2ccc(-c3ccccc3)cc2)n1. The van der Waals surface area contributed by atoms with Gasteiger partial charge in [-0.2, -0.15) is 0 Å². The van der Waals surface area contributed by atoms with Crippen molar-refractivity contribution in [2.45, 2.75) is 0 Å². The minimum atomic E-state index is 0.733. The summed E-state index contributed by atoms with van der Waals surface area (Å²) in [7, 11) is 1.85. The number of benzene rings is 2. The van der Waals surface area contributed by atoms with E-state index >= 15 is 0 Å². The Balaban J connectivity index is 1.93. The molecule has 1 N–H and O–H groups in total. The van der Waals surface area contributed by atoms with Crippen LogP contribution in [-0.4, -0.2) is 17.0 Å². The highest BCUT2D eigenvalue weighted by molar-refractivity contribution is 5.67. The van der Waals surface area contributed by atoms with E-state index in [4.69, 9.17) is 0 Å². The number of hydrogen-bond acceptors (Lipinski definition) is 3. The second-order valence-corrected chi connectivity index (χ2v) is 4.46. The maximum Gasteiger partial charge on any atom is 0.161 e. The third-order valence-corrected chi connectivity index (χ3v) is 3.16. The van der Waals surface area contributed by atoms with Gasteiger partial charge in [-0.3, -0.25) is 0 Å². The van der Waals surface area contributed by atoms with Crippen molar-refractivity contribution in [3.05, 3.63) is 66.9 Å². The van der Waals surface area contributed by atoms with Gasteiger partial charge >= 0.3 is 0 Å². The van der Waals surface area contributed by atoms with Crippen LogP contribution in [0.25, 0.3) is 22.5 Å². The fourth-order valence-corrected chi connectivity index (χ4v) is 2.08. The molecule has 0 unspecified atom stereocenters. The maximum absolute atomic E-state index is 4.44. The minimum absolute atomic E-state index is 0.733. The van der Waals surface area contributed by atoms with Gasteiger partial charge in [-0.15, -0.1) is 0 Å². The van der Waals surface area contributed by atoms with Crippen LogP contribution >= 0.6 is 0 Å². The van der Waals surface area contributed by atoms with Crippen LogP contribution < -0.4 is 5.32 Å². The highest BCUT2D eigenvalue weighted by Crippen LogP contribution is 2.23. The van der Waals surface area contributed by atoms with E-state index in [2.05, 4.69) is 51.7 Å². The van der Waals surface area contributed by atoms with Gasteiger partial charge in [-0.1, -0.05) is 54.6 Å². The molecule has 2 aromatic carbocycles. The summed E-state index contributed by atoms with van der Waals surface area (Å²) in [5.41, 5.74) is 3.42. The first kappa shape index (κ1) is 12.4. The Morgan fingerprint density at radius 3 is 2.10 bits per heavy atom. The molecular formula is C17H15N3. The van der Waals surface area contributed by atoms with Gasteiger partial charge in [0.1, 0.15) is 5.82 Å². The summed E-state index contributed by atoms with van der Waals surface area (Å²) in [6.45, 7) is 0. The van der Waals surface area contributed by atoms with Crippen LogP contribution in [0.3, 0.4) is 0 Å². The maximum atomic E-state index is 4.44. The Hall–Kier alpha value is -2.68. The normalized spacial score (nSPS) is 10.2. The van der Waals surface area contributed by atoms with Crippen molar-refractivity contribution in [3.8, 4) is 22.5 Å². The van der Waals surface area contributed by atoms with Gasteiger partial charge < -0.3 is 5.32 Å². The van der Waals surface area contributed by atoms with E-state index in [0.29, 0.717) is 0 Å². The van der Waals surface area contributed by atoms with Crippen molar-refractivity contribution >= 4 is 5.82 Å². The lowest BCUT2D eigenvalue weighted by atomic mass is 10.0. The Labute approximate surface area is 118 Å². The quantitative estimate of drug-likeness (QED) is 0.778. The fourth-order valence-electron chi connectivity index (χ4n) is 2.08. The van der Waals surface area contributed by atoms with Gasteiger partial charge in [0.2, 0.25) is 0 Å². The van der Waals surface area contributed by atoms with Gasteiger partial charge in [0.15, 0.2) is 5.82 Å². The fraction of sp³-hybridized carbons (Fsp3) is 0.0588. The standard InChI is InChI=1S/C17H15N3/c1-18-16-11-12-19-17(20-16)15-9-7-14(8-10-15)13-5-3-2-4-6-13/h2-12H,1H3,(H,18,19,20). The largest absolute Gasteiger partial charge is 0.373 e. The summed E-state index contributed by atoms with van der Waals surface area (Å²) >= 11 is 0. The molecule has 0 aliphatic rings. The molecule has 3 nitrogen and oxygen atoms in total. The zero-order valence-electron chi connectivity index (χ0n) is 11.2. The van der Waals surface area contributed by atoms with Crippen molar-refractivity contribution in [2.24, 2.45) is 0 Å². The van der Waals surface area contributed by atoms with Crippen molar-refractivity contribution in [3.63, 3.8) is 0 Å². The Morgan fingerprint density at radius 1 is 0.750 bits per heavy atom. The van der Waals surface area contributed by atoms with E-state index in [1.54, 1.807) is 6.20 Å². The molecule has 0 spiro atoms. The average Bonchev–Trinajstić information content (AvgIpc) is 2.56. The summed E-state index contributed by atoms with van der Waals surface area (Å²) in [5.74, 6) is 1.55. The Bertz CT molecular complexity index is 691. The summed E-state index contributed by atoms with van der Waals surface area (Å²) in [6, 6.07) is 20.5. The van der Waals surface area contributed by atoms with Crippen molar-refractivity contribution in [2.75, 3.05) is 12.4 Å². The van der Waals surface area contributed by atoms with Crippen LogP contribution in [0.15, 0.2) is 66.9 Å². The highest BCUT2D eigenvalue weighted by atomic mass is 15.0. The lowest BCUT2D eigenvalue weighted by Crippen LogP contribution is -1.95. The molecule has 0 aliphatic heterocycles. The topological polar surface area (TPSA) is 37.8 Å². The molecule has 3 rings (SSSR count). The van der Waals surface area contributed by atoms with Gasteiger partial charge in [-0.05, 0) is 17.2 Å². The molecule has 0 amide bonds. The van der Waals surface area contributed by atoms with Crippen LogP contribution in [0.1, 0.15) is 0 Å². The molecule has 0 saturated carbocycles. The zero-order valence-corrected chi connectivity index (χ0v) is 11.2. The predicted octanol–water partition coefficient (Wildman–Crippen LogP) is 3.85. The average molecular weight is 261 g/mol. The van der Waals surface area contributed by atoms with Crippen molar-refractivity contribution < 1.29 is 0 Å². The number of anilines is 1. The molecule has 0 atom stereocenters. The van der Waals surface area contributed by atoms with Crippen LogP contribution in [-0.2, 0) is 0 Å². The molecule has 3 aromatic rings. The van der Waals surface area contributed by atoms with Crippen molar-refractivity contribution in [1.29, 1.82) is 0 Å².